The van der Waals surface area contributed by atoms with Crippen LogP contribution in [0.4, 0.5) is 0 Å². The number of phenols is 2. The summed E-state index contributed by atoms with van der Waals surface area (Å²) in [6, 6.07) is 4.25. The van der Waals surface area contributed by atoms with Crippen molar-refractivity contribution in [1.29, 1.82) is 0 Å². The molecule has 92 valence electrons. The molecule has 17 heavy (non-hydrogen) atoms. The maximum absolute atomic E-state index is 12.2. The molecule has 0 bridgehead atoms. The lowest BCUT2D eigenvalue weighted by Crippen LogP contribution is -2.36. The zero-order valence-electron chi connectivity index (χ0n) is 9.27. The molecule has 1 amide bonds. The number of rotatable bonds is 2. The molecule has 0 saturated carbocycles. The van der Waals surface area contributed by atoms with Gasteiger partial charge in [0, 0.05) is 18.5 Å². The summed E-state index contributed by atoms with van der Waals surface area (Å²) in [5.74, 6) is -0.380. The van der Waals surface area contributed by atoms with Crippen LogP contribution in [0.3, 0.4) is 0 Å². The maximum atomic E-state index is 12.2. The van der Waals surface area contributed by atoms with Gasteiger partial charge >= 0.3 is 0 Å². The van der Waals surface area contributed by atoms with E-state index in [9.17, 15) is 15.0 Å². The van der Waals surface area contributed by atoms with Gasteiger partial charge in [-0.1, -0.05) is 6.07 Å². The van der Waals surface area contributed by atoms with E-state index in [0.29, 0.717) is 12.4 Å². The molecular formula is C12H14ClNO3. The highest BCUT2D eigenvalue weighted by Gasteiger charge is 2.31. The van der Waals surface area contributed by atoms with Crippen molar-refractivity contribution < 1.29 is 15.0 Å². The Bertz CT molecular complexity index is 416. The van der Waals surface area contributed by atoms with E-state index in [1.165, 1.54) is 18.2 Å². The molecule has 1 aliphatic heterocycles. The summed E-state index contributed by atoms with van der Waals surface area (Å²) < 4.78 is 0. The van der Waals surface area contributed by atoms with Gasteiger partial charge in [0.25, 0.3) is 5.91 Å². The molecule has 1 fully saturated rings. The number of hydrogen-bond donors (Lipinski definition) is 2. The second kappa shape index (κ2) is 4.84. The number of phenolic OH excluding ortho intramolecular Hbond substituents is 2. The Morgan fingerprint density at radius 3 is 2.65 bits per heavy atom. The molecule has 0 radical (unpaired) electrons. The van der Waals surface area contributed by atoms with Crippen LogP contribution in [0.2, 0.25) is 0 Å². The molecule has 0 spiro atoms. The fourth-order valence-electron chi connectivity index (χ4n) is 2.15. The van der Waals surface area contributed by atoms with Crippen LogP contribution in [0.15, 0.2) is 18.2 Å². The number of carbonyl (C=O) groups excluding carboxylic acids is 1. The number of halogens is 1. The van der Waals surface area contributed by atoms with Crippen LogP contribution in [0.5, 0.6) is 11.5 Å². The van der Waals surface area contributed by atoms with Gasteiger partial charge in [0.15, 0.2) is 0 Å². The van der Waals surface area contributed by atoms with Gasteiger partial charge in [-0.05, 0) is 25.0 Å². The predicted octanol–water partition coefficient (Wildman–Crippen LogP) is 1.94. The molecule has 5 heteroatoms. The first-order chi connectivity index (χ1) is 8.15. The lowest BCUT2D eigenvalue weighted by molar-refractivity contribution is 0.0743. The van der Waals surface area contributed by atoms with Crippen LogP contribution < -0.4 is 0 Å². The third-order valence-corrected chi connectivity index (χ3v) is 3.41. The predicted molar refractivity (Wildman–Crippen MR) is 64.6 cm³/mol. The van der Waals surface area contributed by atoms with Crippen LogP contribution in [-0.4, -0.2) is 39.5 Å². The first-order valence-electron chi connectivity index (χ1n) is 5.53. The smallest absolute Gasteiger partial charge is 0.261 e. The summed E-state index contributed by atoms with van der Waals surface area (Å²) in [7, 11) is 0. The highest BCUT2D eigenvalue weighted by Crippen LogP contribution is 2.30. The lowest BCUT2D eigenvalue weighted by atomic mass is 10.1. The number of amides is 1. The summed E-state index contributed by atoms with van der Waals surface area (Å²) in [4.78, 5) is 13.8. The van der Waals surface area contributed by atoms with Gasteiger partial charge in [-0.15, -0.1) is 11.6 Å². The van der Waals surface area contributed by atoms with Gasteiger partial charge in [-0.3, -0.25) is 4.79 Å². The van der Waals surface area contributed by atoms with Crippen LogP contribution >= 0.6 is 11.6 Å². The Hall–Kier alpha value is -1.42. The van der Waals surface area contributed by atoms with E-state index in [1.54, 1.807) is 4.90 Å². The normalized spacial score (nSPS) is 19.6. The van der Waals surface area contributed by atoms with Gasteiger partial charge in [-0.2, -0.15) is 0 Å². The van der Waals surface area contributed by atoms with Crippen molar-refractivity contribution >= 4 is 17.5 Å². The summed E-state index contributed by atoms with van der Waals surface area (Å²) >= 11 is 5.79. The van der Waals surface area contributed by atoms with Crippen LogP contribution in [0, 0.1) is 0 Å². The maximum Gasteiger partial charge on any atom is 0.261 e. The molecule has 1 atom stereocenters. The van der Waals surface area contributed by atoms with E-state index in [4.69, 9.17) is 11.6 Å². The molecule has 1 unspecified atom stereocenters. The van der Waals surface area contributed by atoms with Crippen molar-refractivity contribution in [3.05, 3.63) is 23.8 Å². The van der Waals surface area contributed by atoms with E-state index >= 15 is 0 Å². The van der Waals surface area contributed by atoms with Gasteiger partial charge in [0.1, 0.15) is 17.1 Å². The third kappa shape index (κ3) is 2.17. The highest BCUT2D eigenvalue weighted by molar-refractivity contribution is 6.18. The average Bonchev–Trinajstić information content (AvgIpc) is 2.76. The number of carbonyl (C=O) groups is 1. The Labute approximate surface area is 104 Å². The molecule has 4 nitrogen and oxygen atoms in total. The minimum absolute atomic E-state index is 0.0110. The van der Waals surface area contributed by atoms with Crippen molar-refractivity contribution in [3.63, 3.8) is 0 Å². The van der Waals surface area contributed by atoms with Crippen LogP contribution in [0.25, 0.3) is 0 Å². The molecule has 0 aromatic heterocycles. The number of benzene rings is 1. The van der Waals surface area contributed by atoms with Crippen molar-refractivity contribution in [2.24, 2.45) is 0 Å². The van der Waals surface area contributed by atoms with Gasteiger partial charge in [0.05, 0.1) is 0 Å². The zero-order valence-corrected chi connectivity index (χ0v) is 10.0. The van der Waals surface area contributed by atoms with E-state index in [1.807, 2.05) is 0 Å². The first-order valence-corrected chi connectivity index (χ1v) is 6.06. The van der Waals surface area contributed by atoms with Crippen molar-refractivity contribution in [2.45, 2.75) is 18.9 Å². The molecule has 2 N–H and O–H groups in total. The van der Waals surface area contributed by atoms with Gasteiger partial charge in [0.2, 0.25) is 0 Å². The lowest BCUT2D eigenvalue weighted by Gasteiger charge is -2.23. The van der Waals surface area contributed by atoms with Crippen molar-refractivity contribution in [2.75, 3.05) is 12.4 Å². The molecule has 1 aromatic carbocycles. The second-order valence-corrected chi connectivity index (χ2v) is 4.43. The fourth-order valence-corrected chi connectivity index (χ4v) is 2.48. The molecule has 1 heterocycles. The number of nitrogens with zero attached hydrogens (tertiary/aromatic N) is 1. The molecule has 1 saturated heterocycles. The molecular weight excluding hydrogens is 242 g/mol. The second-order valence-electron chi connectivity index (χ2n) is 4.12. The quantitative estimate of drug-likeness (QED) is 0.794. The summed E-state index contributed by atoms with van der Waals surface area (Å²) in [6.45, 7) is 0.615. The molecule has 0 aliphatic carbocycles. The highest BCUT2D eigenvalue weighted by atomic mass is 35.5. The van der Waals surface area contributed by atoms with Gasteiger partial charge < -0.3 is 15.1 Å². The minimum atomic E-state index is -0.358. The summed E-state index contributed by atoms with van der Waals surface area (Å²) in [6.07, 6.45) is 1.76. The Kier molecular flexibility index (Phi) is 3.43. The Balaban J connectivity index is 2.31. The summed E-state index contributed by atoms with van der Waals surface area (Å²) in [5, 5.41) is 19.3. The number of hydrogen-bond acceptors (Lipinski definition) is 3. The fraction of sp³-hybridized carbons (Fsp3) is 0.417. The third-order valence-electron chi connectivity index (χ3n) is 3.05. The van der Waals surface area contributed by atoms with E-state index in [-0.39, 0.29) is 29.0 Å². The molecule has 2 rings (SSSR count). The topological polar surface area (TPSA) is 60.8 Å². The molecule has 1 aromatic rings. The molecule has 1 aliphatic rings. The monoisotopic (exact) mass is 255 g/mol. The SMILES string of the molecule is O=C(c1c(O)cccc1O)N1CCCC1CCl. The van der Waals surface area contributed by atoms with E-state index in [2.05, 4.69) is 0 Å². The van der Waals surface area contributed by atoms with Crippen LogP contribution in [-0.2, 0) is 0 Å². The minimum Gasteiger partial charge on any atom is -0.507 e. The Morgan fingerprint density at radius 2 is 2.06 bits per heavy atom. The largest absolute Gasteiger partial charge is 0.507 e. The van der Waals surface area contributed by atoms with E-state index in [0.717, 1.165) is 12.8 Å². The van der Waals surface area contributed by atoms with Gasteiger partial charge in [-0.25, -0.2) is 0 Å². The standard InChI is InChI=1S/C12H14ClNO3/c13-7-8-3-2-6-14(8)12(17)11-9(15)4-1-5-10(11)16/h1,4-5,8,15-16H,2-3,6-7H2. The summed E-state index contributed by atoms with van der Waals surface area (Å²) in [5.41, 5.74) is -0.0375. The van der Waals surface area contributed by atoms with E-state index < -0.39 is 0 Å². The van der Waals surface area contributed by atoms with Crippen molar-refractivity contribution in [1.82, 2.24) is 4.90 Å². The first kappa shape index (κ1) is 12.0. The van der Waals surface area contributed by atoms with Crippen LogP contribution in [0.1, 0.15) is 23.2 Å². The Morgan fingerprint density at radius 1 is 1.41 bits per heavy atom. The average molecular weight is 256 g/mol. The number of alkyl halides is 1. The zero-order chi connectivity index (χ0) is 12.4. The van der Waals surface area contributed by atoms with Crippen molar-refractivity contribution in [3.8, 4) is 11.5 Å². The number of likely N-dealkylation sites (tertiary alicyclic amines) is 1. The number of aromatic hydroxyl groups is 2.